The number of aliphatic hydroxyl groups is 1. The van der Waals surface area contributed by atoms with Gasteiger partial charge in [-0.3, -0.25) is 0 Å². The standard InChI is InChI=1S/C14H16O4/c1-9-14(16,11-5-3-2-4-6-11)13(15)17-8-10-7-12(10)18-9/h2-6,9-10,12,16H,7-8H2,1H3/t9-,10+,12+,14-/m1/s1. The van der Waals surface area contributed by atoms with Crippen molar-refractivity contribution in [2.24, 2.45) is 5.92 Å². The van der Waals surface area contributed by atoms with E-state index in [1.54, 1.807) is 31.2 Å². The Morgan fingerprint density at radius 3 is 2.78 bits per heavy atom. The van der Waals surface area contributed by atoms with Crippen molar-refractivity contribution in [3.63, 3.8) is 0 Å². The van der Waals surface area contributed by atoms with E-state index in [1.807, 2.05) is 6.07 Å². The lowest BCUT2D eigenvalue weighted by Crippen LogP contribution is -2.49. The summed E-state index contributed by atoms with van der Waals surface area (Å²) in [4.78, 5) is 12.1. The van der Waals surface area contributed by atoms with Gasteiger partial charge in [-0.25, -0.2) is 4.79 Å². The third-order valence-corrected chi connectivity index (χ3v) is 3.78. The topological polar surface area (TPSA) is 55.8 Å². The van der Waals surface area contributed by atoms with Crippen LogP contribution in [0.4, 0.5) is 0 Å². The van der Waals surface area contributed by atoms with Crippen LogP contribution >= 0.6 is 0 Å². The van der Waals surface area contributed by atoms with Crippen molar-refractivity contribution >= 4 is 5.97 Å². The average Bonchev–Trinajstić information content (AvgIpc) is 3.12. The molecule has 1 aliphatic carbocycles. The van der Waals surface area contributed by atoms with Crippen LogP contribution in [0.3, 0.4) is 0 Å². The Bertz CT molecular complexity index is 458. The Morgan fingerprint density at radius 1 is 1.33 bits per heavy atom. The lowest BCUT2D eigenvalue weighted by Gasteiger charge is -2.33. The molecule has 96 valence electrons. The fraction of sp³-hybridized carbons (Fsp3) is 0.500. The molecule has 1 aliphatic heterocycles. The lowest BCUT2D eigenvalue weighted by atomic mass is 9.88. The molecule has 1 saturated heterocycles. The van der Waals surface area contributed by atoms with Gasteiger partial charge in [-0.05, 0) is 18.9 Å². The number of carbonyl (C=O) groups excluding carboxylic acids is 1. The van der Waals surface area contributed by atoms with E-state index in [0.717, 1.165) is 6.42 Å². The van der Waals surface area contributed by atoms with Crippen molar-refractivity contribution in [3.05, 3.63) is 35.9 Å². The molecule has 1 aromatic carbocycles. The molecule has 1 N–H and O–H groups in total. The second-order valence-electron chi connectivity index (χ2n) is 5.04. The molecule has 0 spiro atoms. The monoisotopic (exact) mass is 248 g/mol. The zero-order valence-corrected chi connectivity index (χ0v) is 10.2. The molecule has 0 amide bonds. The number of ether oxygens (including phenoxy) is 2. The van der Waals surface area contributed by atoms with E-state index >= 15 is 0 Å². The first-order valence-corrected chi connectivity index (χ1v) is 6.23. The number of cyclic esters (lactones) is 1. The van der Waals surface area contributed by atoms with Gasteiger partial charge in [-0.1, -0.05) is 30.3 Å². The highest BCUT2D eigenvalue weighted by atomic mass is 16.6. The van der Waals surface area contributed by atoms with Gasteiger partial charge in [0.05, 0.1) is 18.8 Å². The summed E-state index contributed by atoms with van der Waals surface area (Å²) in [7, 11) is 0. The number of hydrogen-bond acceptors (Lipinski definition) is 4. The molecule has 3 rings (SSSR count). The average molecular weight is 248 g/mol. The number of carbonyl (C=O) groups is 1. The van der Waals surface area contributed by atoms with E-state index in [4.69, 9.17) is 9.47 Å². The summed E-state index contributed by atoms with van der Waals surface area (Å²) in [5.41, 5.74) is -1.20. The number of rotatable bonds is 1. The quantitative estimate of drug-likeness (QED) is 0.759. The minimum absolute atomic E-state index is 0.114. The van der Waals surface area contributed by atoms with E-state index < -0.39 is 17.7 Å². The Kier molecular flexibility index (Phi) is 2.64. The summed E-state index contributed by atoms with van der Waals surface area (Å²) in [6, 6.07) is 8.84. The predicted molar refractivity (Wildman–Crippen MR) is 63.7 cm³/mol. The highest BCUT2D eigenvalue weighted by Gasteiger charge is 2.52. The van der Waals surface area contributed by atoms with Gasteiger partial charge < -0.3 is 14.6 Å². The summed E-state index contributed by atoms with van der Waals surface area (Å²) >= 11 is 0. The number of fused-ring (bicyclic) bond motifs is 1. The zero-order chi connectivity index (χ0) is 12.8. The molecule has 0 unspecified atom stereocenters. The Morgan fingerprint density at radius 2 is 2.06 bits per heavy atom. The van der Waals surface area contributed by atoms with Crippen molar-refractivity contribution < 1.29 is 19.4 Å². The van der Waals surface area contributed by atoms with Crippen LogP contribution in [0.2, 0.25) is 0 Å². The summed E-state index contributed by atoms with van der Waals surface area (Å²) in [6.07, 6.45) is 0.411. The molecular formula is C14H16O4. The maximum absolute atomic E-state index is 12.1. The summed E-state index contributed by atoms with van der Waals surface area (Å²) in [5.74, 6) is -0.316. The molecule has 0 bridgehead atoms. The molecular weight excluding hydrogens is 232 g/mol. The molecule has 4 atom stereocenters. The van der Waals surface area contributed by atoms with Gasteiger partial charge in [-0.2, -0.15) is 0 Å². The molecule has 1 aromatic rings. The van der Waals surface area contributed by atoms with E-state index in [2.05, 4.69) is 0 Å². The predicted octanol–water partition coefficient (Wildman–Crippen LogP) is 1.22. The Balaban J connectivity index is 1.97. The summed E-state index contributed by atoms with van der Waals surface area (Å²) in [6.45, 7) is 2.06. The van der Waals surface area contributed by atoms with Crippen molar-refractivity contribution in [1.82, 2.24) is 0 Å². The van der Waals surface area contributed by atoms with E-state index in [9.17, 15) is 9.90 Å². The van der Waals surface area contributed by atoms with Crippen LogP contribution in [0.15, 0.2) is 30.3 Å². The number of benzene rings is 1. The van der Waals surface area contributed by atoms with Crippen LogP contribution in [0.5, 0.6) is 0 Å². The van der Waals surface area contributed by atoms with Crippen molar-refractivity contribution in [2.45, 2.75) is 31.2 Å². The molecule has 0 radical (unpaired) electrons. The van der Waals surface area contributed by atoms with E-state index in [1.165, 1.54) is 0 Å². The first-order valence-electron chi connectivity index (χ1n) is 6.23. The second kappa shape index (κ2) is 4.07. The summed E-state index contributed by atoms with van der Waals surface area (Å²) < 4.78 is 11.0. The first-order chi connectivity index (χ1) is 8.62. The van der Waals surface area contributed by atoms with E-state index in [0.29, 0.717) is 18.1 Å². The summed E-state index contributed by atoms with van der Waals surface area (Å²) in [5, 5.41) is 10.7. The van der Waals surface area contributed by atoms with Gasteiger partial charge >= 0.3 is 5.97 Å². The molecule has 0 aromatic heterocycles. The van der Waals surface area contributed by atoms with Crippen LogP contribution in [-0.2, 0) is 19.9 Å². The molecule has 2 fully saturated rings. The van der Waals surface area contributed by atoms with Crippen molar-refractivity contribution in [2.75, 3.05) is 6.61 Å². The maximum Gasteiger partial charge on any atom is 0.345 e. The smallest absolute Gasteiger partial charge is 0.345 e. The Labute approximate surface area is 106 Å². The fourth-order valence-corrected chi connectivity index (χ4v) is 2.43. The van der Waals surface area contributed by atoms with Crippen molar-refractivity contribution in [3.8, 4) is 0 Å². The van der Waals surface area contributed by atoms with Gasteiger partial charge in [0.2, 0.25) is 5.60 Å². The first kappa shape index (κ1) is 11.7. The lowest BCUT2D eigenvalue weighted by molar-refractivity contribution is -0.192. The van der Waals surface area contributed by atoms with Gasteiger partial charge in [0.25, 0.3) is 0 Å². The Hall–Kier alpha value is -1.39. The minimum atomic E-state index is -1.71. The van der Waals surface area contributed by atoms with Gasteiger partial charge in [-0.15, -0.1) is 0 Å². The number of esters is 1. The highest BCUT2D eigenvalue weighted by molar-refractivity contribution is 5.82. The highest BCUT2D eigenvalue weighted by Crippen LogP contribution is 2.41. The van der Waals surface area contributed by atoms with E-state index in [-0.39, 0.29) is 6.10 Å². The minimum Gasteiger partial charge on any atom is -0.463 e. The van der Waals surface area contributed by atoms with Gasteiger partial charge in [0.15, 0.2) is 0 Å². The molecule has 1 heterocycles. The zero-order valence-electron chi connectivity index (χ0n) is 10.2. The maximum atomic E-state index is 12.1. The van der Waals surface area contributed by atoms with Crippen LogP contribution in [0.25, 0.3) is 0 Å². The largest absolute Gasteiger partial charge is 0.463 e. The SMILES string of the molecule is C[C@H]1O[C@H]2C[C@H]2COC(=O)[C@]1(O)c1ccccc1. The third kappa shape index (κ3) is 1.72. The van der Waals surface area contributed by atoms with Gasteiger partial charge in [0.1, 0.15) is 0 Å². The molecule has 4 heteroatoms. The van der Waals surface area contributed by atoms with Crippen LogP contribution in [0, 0.1) is 5.92 Å². The third-order valence-electron chi connectivity index (χ3n) is 3.78. The number of hydrogen-bond donors (Lipinski definition) is 1. The van der Waals surface area contributed by atoms with Crippen LogP contribution < -0.4 is 0 Å². The molecule has 4 nitrogen and oxygen atoms in total. The van der Waals surface area contributed by atoms with Gasteiger partial charge in [0, 0.05) is 5.92 Å². The van der Waals surface area contributed by atoms with Crippen molar-refractivity contribution in [1.29, 1.82) is 0 Å². The normalized spacial score (nSPS) is 39.2. The molecule has 1 saturated carbocycles. The molecule has 2 aliphatic rings. The van der Waals surface area contributed by atoms with Crippen LogP contribution in [0.1, 0.15) is 18.9 Å². The fourth-order valence-electron chi connectivity index (χ4n) is 2.43. The second-order valence-corrected chi connectivity index (χ2v) is 5.04. The van der Waals surface area contributed by atoms with Crippen LogP contribution in [-0.4, -0.2) is 29.9 Å². The molecule has 18 heavy (non-hydrogen) atoms.